The molecule has 5 unspecified atom stereocenters. The molecule has 1 aliphatic rings. The van der Waals surface area contributed by atoms with E-state index in [0.717, 1.165) is 10.6 Å². The van der Waals surface area contributed by atoms with Gasteiger partial charge in [0.15, 0.2) is 0 Å². The largest absolute Gasteiger partial charge is 0.490 e. The Bertz CT molecular complexity index is 912. The normalized spacial score (nSPS) is 27.2. The summed E-state index contributed by atoms with van der Waals surface area (Å²) < 4.78 is 51.4. The number of ether oxygens (including phenoxy) is 1. The number of nitrogen functional groups attached to an aromatic ring is 1. The summed E-state index contributed by atoms with van der Waals surface area (Å²) in [6.45, 7) is -0.828. The zero-order chi connectivity index (χ0) is 21.3. The molecule has 2 heterocycles. The van der Waals surface area contributed by atoms with Crippen molar-refractivity contribution in [1.29, 1.82) is 0 Å². The summed E-state index contributed by atoms with van der Waals surface area (Å²) in [6.07, 6.45) is -2.20. The third kappa shape index (κ3) is 6.85. The molecule has 0 radical (unpaired) electrons. The Morgan fingerprint density at radius 3 is 2.39 bits per heavy atom. The number of anilines is 1. The molecule has 160 valence electrons. The molecule has 18 heteroatoms. The summed E-state index contributed by atoms with van der Waals surface area (Å²) in [5, 5.41) is 9.96. The van der Waals surface area contributed by atoms with Crippen molar-refractivity contribution in [1.82, 2.24) is 4.57 Å². The molecule has 7 N–H and O–H groups in total. The van der Waals surface area contributed by atoms with Crippen LogP contribution < -0.4 is 11.3 Å². The van der Waals surface area contributed by atoms with Crippen LogP contribution in [0.3, 0.4) is 0 Å². The van der Waals surface area contributed by atoms with Crippen molar-refractivity contribution in [3.8, 4) is 0 Å². The summed E-state index contributed by atoms with van der Waals surface area (Å²) in [4.78, 5) is 47.2. The van der Waals surface area contributed by atoms with Crippen molar-refractivity contribution in [3.05, 3.63) is 28.7 Å². The van der Waals surface area contributed by atoms with Gasteiger partial charge < -0.3 is 35.2 Å². The minimum Gasteiger partial charge on any atom is -0.399 e. The van der Waals surface area contributed by atoms with Crippen LogP contribution in [-0.2, 0) is 31.6 Å². The lowest BCUT2D eigenvalue weighted by Crippen LogP contribution is -2.27. The van der Waals surface area contributed by atoms with E-state index in [0.29, 0.717) is 0 Å². The molecule has 0 amide bonds. The lowest BCUT2D eigenvalue weighted by molar-refractivity contribution is -0.0445. The maximum atomic E-state index is 11.9. The molecule has 1 aliphatic heterocycles. The third-order valence-corrected chi connectivity index (χ3v) is 7.11. The number of aromatic nitrogens is 1. The Labute approximate surface area is 156 Å². The van der Waals surface area contributed by atoms with Crippen LogP contribution in [0.4, 0.5) is 5.69 Å². The summed E-state index contributed by atoms with van der Waals surface area (Å²) in [7, 11) is -16.5. The topological polar surface area (TPSA) is 237 Å². The molecule has 28 heavy (non-hydrogen) atoms. The lowest BCUT2D eigenvalue weighted by Gasteiger charge is -2.19. The van der Waals surface area contributed by atoms with Crippen molar-refractivity contribution in [2.75, 3.05) is 12.3 Å². The molecule has 0 saturated carbocycles. The van der Waals surface area contributed by atoms with Crippen LogP contribution in [-0.4, -0.2) is 48.1 Å². The van der Waals surface area contributed by atoms with E-state index in [1.807, 2.05) is 0 Å². The maximum Gasteiger partial charge on any atom is 0.490 e. The Morgan fingerprint density at radius 2 is 1.82 bits per heavy atom. The molecule has 5 atom stereocenters. The predicted octanol–water partition coefficient (Wildman–Crippen LogP) is -0.578. The van der Waals surface area contributed by atoms with Crippen molar-refractivity contribution >= 4 is 29.2 Å². The van der Waals surface area contributed by atoms with E-state index in [4.69, 9.17) is 25.2 Å². The number of phosphoric ester groups is 1. The van der Waals surface area contributed by atoms with Crippen LogP contribution in [0.25, 0.3) is 0 Å². The number of rotatable bonds is 8. The summed E-state index contributed by atoms with van der Waals surface area (Å²) in [6, 6.07) is 2.53. The second-order valence-corrected chi connectivity index (χ2v) is 9.94. The number of nitrogens with two attached hydrogens (primary N) is 1. The predicted molar refractivity (Wildman–Crippen MR) is 89.5 cm³/mol. The fourth-order valence-electron chi connectivity index (χ4n) is 2.25. The summed E-state index contributed by atoms with van der Waals surface area (Å²) in [5.74, 6) is 0. The summed E-state index contributed by atoms with van der Waals surface area (Å²) >= 11 is 0. The number of hydrogen-bond donors (Lipinski definition) is 6. The monoisotopic (exact) mass is 466 g/mol. The first kappa shape index (κ1) is 23.4. The third-order valence-electron chi connectivity index (χ3n) is 3.30. The molecule has 0 spiro atoms. The van der Waals surface area contributed by atoms with Gasteiger partial charge in [0.25, 0.3) is 5.56 Å². The zero-order valence-electron chi connectivity index (χ0n) is 13.7. The second-order valence-electron chi connectivity index (χ2n) is 5.52. The van der Waals surface area contributed by atoms with Crippen molar-refractivity contribution in [2.45, 2.75) is 24.9 Å². The molecule has 1 saturated heterocycles. The zero-order valence-corrected chi connectivity index (χ0v) is 16.4. The molecule has 1 fully saturated rings. The van der Waals surface area contributed by atoms with Crippen LogP contribution >= 0.6 is 23.5 Å². The van der Waals surface area contributed by atoms with Crippen LogP contribution in [0.2, 0.25) is 0 Å². The fourth-order valence-corrected chi connectivity index (χ4v) is 5.28. The van der Waals surface area contributed by atoms with Gasteiger partial charge in [0.1, 0.15) is 12.3 Å². The molecule has 0 aromatic carbocycles. The number of aliphatic hydroxyl groups excluding tert-OH is 1. The Balaban J connectivity index is 1.98. The van der Waals surface area contributed by atoms with Gasteiger partial charge in [-0.15, -0.1) is 0 Å². The number of phosphoric acid groups is 3. The van der Waals surface area contributed by atoms with Gasteiger partial charge in [0, 0.05) is 24.4 Å². The molecule has 15 nitrogen and oxygen atoms in total. The van der Waals surface area contributed by atoms with Gasteiger partial charge in [-0.3, -0.25) is 13.9 Å². The first-order valence-electron chi connectivity index (χ1n) is 7.27. The minimum absolute atomic E-state index is 0.0890. The van der Waals surface area contributed by atoms with Gasteiger partial charge in [0.05, 0.1) is 12.7 Å². The van der Waals surface area contributed by atoms with Gasteiger partial charge in [-0.05, 0) is 6.07 Å². The average Bonchev–Trinajstić information content (AvgIpc) is 2.82. The number of aliphatic hydroxyl groups is 1. The van der Waals surface area contributed by atoms with E-state index in [2.05, 4.69) is 13.1 Å². The Kier molecular flexibility index (Phi) is 7.04. The average molecular weight is 466 g/mol. The van der Waals surface area contributed by atoms with Gasteiger partial charge in [-0.25, -0.2) is 13.7 Å². The van der Waals surface area contributed by atoms with Crippen LogP contribution in [0, 0.1) is 0 Å². The van der Waals surface area contributed by atoms with E-state index >= 15 is 0 Å². The molecular formula is C10H17N2O13P3. The highest BCUT2D eigenvalue weighted by atomic mass is 31.3. The minimum atomic E-state index is -5.65. The molecule has 1 aromatic rings. The highest BCUT2D eigenvalue weighted by molar-refractivity contribution is 7.66. The number of hydrogen-bond acceptors (Lipinski definition) is 10. The second kappa shape index (κ2) is 8.44. The smallest absolute Gasteiger partial charge is 0.399 e. The van der Waals surface area contributed by atoms with Gasteiger partial charge >= 0.3 is 23.5 Å². The number of nitrogens with zero attached hydrogens (tertiary/aromatic N) is 1. The number of pyridine rings is 1. The van der Waals surface area contributed by atoms with Crippen LogP contribution in [0.1, 0.15) is 12.6 Å². The highest BCUT2D eigenvalue weighted by Gasteiger charge is 2.42. The van der Waals surface area contributed by atoms with E-state index in [9.17, 15) is 28.5 Å². The van der Waals surface area contributed by atoms with Crippen LogP contribution in [0.15, 0.2) is 23.1 Å². The van der Waals surface area contributed by atoms with Gasteiger partial charge in [0.2, 0.25) is 0 Å². The molecule has 2 rings (SSSR count). The molecular weight excluding hydrogens is 449 g/mol. The fraction of sp³-hybridized carbons (Fsp3) is 0.500. The standard InChI is InChI=1S/C10H17N2O13P3/c11-6-1-2-12(9(14)3-6)10-4-7(13)8(23-10)5-22-27(18,19)25-28(20,21)24-26(15,16)17/h1-3,7-8,10,13H,4-5,11H2,(H,18,19)(H,20,21)(H2,15,16,17). The van der Waals surface area contributed by atoms with Crippen LogP contribution in [0.5, 0.6) is 0 Å². The SMILES string of the molecule is Nc1ccn(C2CC(O)C(COP(=O)(O)OP(=O)(O)OP(=O)(O)O)O2)c(=O)c1. The quantitative estimate of drug-likeness (QED) is 0.263. The van der Waals surface area contributed by atoms with Gasteiger partial charge in [-0.2, -0.15) is 8.62 Å². The molecule has 0 aliphatic carbocycles. The van der Waals surface area contributed by atoms with Crippen molar-refractivity contribution in [3.63, 3.8) is 0 Å². The first-order valence-corrected chi connectivity index (χ1v) is 11.8. The summed E-state index contributed by atoms with van der Waals surface area (Å²) in [5.41, 5.74) is 5.16. The molecule has 0 bridgehead atoms. The van der Waals surface area contributed by atoms with Crippen molar-refractivity contribution in [2.24, 2.45) is 0 Å². The van der Waals surface area contributed by atoms with E-state index < -0.39 is 54.1 Å². The van der Waals surface area contributed by atoms with Crippen molar-refractivity contribution < 1.29 is 56.3 Å². The maximum absolute atomic E-state index is 11.9. The molecule has 1 aromatic heterocycles. The van der Waals surface area contributed by atoms with E-state index in [-0.39, 0.29) is 12.1 Å². The first-order chi connectivity index (χ1) is 12.7. The van der Waals surface area contributed by atoms with Gasteiger partial charge in [-0.1, -0.05) is 0 Å². The Morgan fingerprint density at radius 1 is 1.18 bits per heavy atom. The lowest BCUT2D eigenvalue weighted by atomic mass is 10.2. The Hall–Kier alpha value is -0.920. The van der Waals surface area contributed by atoms with E-state index in [1.165, 1.54) is 12.3 Å². The highest BCUT2D eigenvalue weighted by Crippen LogP contribution is 2.66. The van der Waals surface area contributed by atoms with E-state index in [1.54, 1.807) is 0 Å².